The first-order chi connectivity index (χ1) is 11.7. The van der Waals surface area contributed by atoms with E-state index < -0.39 is 5.82 Å². The molecule has 0 bridgehead atoms. The lowest BCUT2D eigenvalue weighted by molar-refractivity contribution is 0.282. The summed E-state index contributed by atoms with van der Waals surface area (Å²) in [5, 5.41) is 0.767. The summed E-state index contributed by atoms with van der Waals surface area (Å²) >= 11 is 1.64. The van der Waals surface area contributed by atoms with E-state index in [2.05, 4.69) is 4.98 Å². The van der Waals surface area contributed by atoms with E-state index in [4.69, 9.17) is 4.74 Å². The largest absolute Gasteiger partial charge is 0.489 e. The fraction of sp³-hybridized carbons (Fsp3) is 0.333. The summed E-state index contributed by atoms with van der Waals surface area (Å²) in [6.07, 6.45) is 5.89. The van der Waals surface area contributed by atoms with Crippen LogP contribution in [0.5, 0.6) is 5.75 Å². The number of thiophene rings is 1. The lowest BCUT2D eigenvalue weighted by Crippen LogP contribution is -2.24. The van der Waals surface area contributed by atoms with Gasteiger partial charge in [-0.1, -0.05) is 12.1 Å². The number of halogens is 1. The van der Waals surface area contributed by atoms with E-state index in [1.165, 1.54) is 22.9 Å². The van der Waals surface area contributed by atoms with Gasteiger partial charge in [-0.15, -0.1) is 11.3 Å². The highest BCUT2D eigenvalue weighted by Gasteiger charge is 2.19. The van der Waals surface area contributed by atoms with Crippen LogP contribution in [-0.2, 0) is 19.4 Å². The molecule has 2 aromatic heterocycles. The number of para-hydroxylation sites is 1. The topological polar surface area (TPSA) is 44.1 Å². The quantitative estimate of drug-likeness (QED) is 0.727. The molecule has 0 aliphatic heterocycles. The Morgan fingerprint density at radius 1 is 1.25 bits per heavy atom. The van der Waals surface area contributed by atoms with Crippen molar-refractivity contribution >= 4 is 21.6 Å². The van der Waals surface area contributed by atoms with E-state index in [1.54, 1.807) is 40.4 Å². The Morgan fingerprint density at radius 3 is 2.96 bits per heavy atom. The van der Waals surface area contributed by atoms with Crippen molar-refractivity contribution in [1.29, 1.82) is 0 Å². The third-order valence-electron chi connectivity index (χ3n) is 4.37. The third kappa shape index (κ3) is 2.71. The normalized spacial score (nSPS) is 13.9. The molecule has 3 aromatic rings. The molecular formula is C18H17FN2O2S. The molecule has 0 amide bonds. The number of rotatable bonds is 4. The Bertz CT molecular complexity index is 948. The van der Waals surface area contributed by atoms with E-state index in [-0.39, 0.29) is 17.9 Å². The number of aromatic nitrogens is 2. The Morgan fingerprint density at radius 2 is 2.08 bits per heavy atom. The molecule has 0 saturated carbocycles. The average Bonchev–Trinajstić information content (AvgIpc) is 2.98. The van der Waals surface area contributed by atoms with Crippen molar-refractivity contribution in [3.05, 3.63) is 57.2 Å². The maximum absolute atomic E-state index is 13.5. The van der Waals surface area contributed by atoms with Gasteiger partial charge < -0.3 is 4.74 Å². The highest BCUT2D eigenvalue weighted by Crippen LogP contribution is 2.33. The standard InChI is InChI=1S/C18H17FN2O2S/c19-13-6-2-3-7-14(13)23-10-9-21-11-20-17-16(18(21)22)12-5-1-4-8-15(12)24-17/h2-3,6-7,11H,1,4-5,8-10H2. The minimum atomic E-state index is -0.398. The average molecular weight is 344 g/mol. The van der Waals surface area contributed by atoms with Crippen LogP contribution in [0.25, 0.3) is 10.2 Å². The highest BCUT2D eigenvalue weighted by molar-refractivity contribution is 7.18. The van der Waals surface area contributed by atoms with Crippen molar-refractivity contribution < 1.29 is 9.13 Å². The molecule has 0 atom stereocenters. The minimum Gasteiger partial charge on any atom is -0.489 e. The van der Waals surface area contributed by atoms with Crippen LogP contribution in [0.3, 0.4) is 0 Å². The van der Waals surface area contributed by atoms with Gasteiger partial charge in [0, 0.05) is 4.88 Å². The maximum Gasteiger partial charge on any atom is 0.262 e. The van der Waals surface area contributed by atoms with Crippen molar-refractivity contribution in [2.75, 3.05) is 6.61 Å². The van der Waals surface area contributed by atoms with Gasteiger partial charge in [-0.05, 0) is 43.4 Å². The highest BCUT2D eigenvalue weighted by atomic mass is 32.1. The zero-order chi connectivity index (χ0) is 16.5. The monoisotopic (exact) mass is 344 g/mol. The predicted molar refractivity (Wildman–Crippen MR) is 92.4 cm³/mol. The van der Waals surface area contributed by atoms with Crippen molar-refractivity contribution in [2.24, 2.45) is 0 Å². The van der Waals surface area contributed by atoms with Gasteiger partial charge in [0.25, 0.3) is 5.56 Å². The van der Waals surface area contributed by atoms with Crippen LogP contribution < -0.4 is 10.3 Å². The smallest absolute Gasteiger partial charge is 0.262 e. The van der Waals surface area contributed by atoms with Gasteiger partial charge in [-0.3, -0.25) is 9.36 Å². The van der Waals surface area contributed by atoms with Gasteiger partial charge in [0.05, 0.1) is 18.3 Å². The molecular weight excluding hydrogens is 327 g/mol. The second-order valence-electron chi connectivity index (χ2n) is 5.91. The molecule has 0 fully saturated rings. The van der Waals surface area contributed by atoms with Crippen LogP contribution in [0.15, 0.2) is 35.4 Å². The van der Waals surface area contributed by atoms with E-state index >= 15 is 0 Å². The van der Waals surface area contributed by atoms with Crippen LogP contribution >= 0.6 is 11.3 Å². The molecule has 0 saturated heterocycles. The molecule has 1 aromatic carbocycles. The Labute approximate surface area is 142 Å². The summed E-state index contributed by atoms with van der Waals surface area (Å²) < 4.78 is 20.5. The fourth-order valence-electron chi connectivity index (χ4n) is 3.16. The number of hydrogen-bond acceptors (Lipinski definition) is 4. The Balaban J connectivity index is 1.57. The third-order valence-corrected chi connectivity index (χ3v) is 5.57. The lowest BCUT2D eigenvalue weighted by Gasteiger charge is -2.11. The van der Waals surface area contributed by atoms with Crippen molar-refractivity contribution in [2.45, 2.75) is 32.2 Å². The van der Waals surface area contributed by atoms with E-state index in [9.17, 15) is 9.18 Å². The number of benzene rings is 1. The molecule has 124 valence electrons. The minimum absolute atomic E-state index is 0.0171. The summed E-state index contributed by atoms with van der Waals surface area (Å²) in [7, 11) is 0. The molecule has 24 heavy (non-hydrogen) atoms. The molecule has 2 heterocycles. The van der Waals surface area contributed by atoms with Gasteiger partial charge in [0.15, 0.2) is 11.6 Å². The summed E-state index contributed by atoms with van der Waals surface area (Å²) in [4.78, 5) is 19.4. The first kappa shape index (κ1) is 15.3. The number of fused-ring (bicyclic) bond motifs is 3. The Kier molecular flexibility index (Phi) is 4.06. The van der Waals surface area contributed by atoms with Crippen molar-refractivity contribution in [3.8, 4) is 5.75 Å². The van der Waals surface area contributed by atoms with E-state index in [0.717, 1.165) is 29.5 Å². The van der Waals surface area contributed by atoms with Crippen LogP contribution in [0.4, 0.5) is 4.39 Å². The predicted octanol–water partition coefficient (Wildman–Crippen LogP) is 3.55. The van der Waals surface area contributed by atoms with Gasteiger partial charge >= 0.3 is 0 Å². The molecule has 4 rings (SSSR count). The van der Waals surface area contributed by atoms with Crippen molar-refractivity contribution in [3.63, 3.8) is 0 Å². The second kappa shape index (κ2) is 6.36. The first-order valence-corrected chi connectivity index (χ1v) is 8.92. The molecule has 0 N–H and O–H groups in total. The number of ether oxygens (including phenoxy) is 1. The van der Waals surface area contributed by atoms with E-state index in [1.807, 2.05) is 0 Å². The zero-order valence-electron chi connectivity index (χ0n) is 13.1. The first-order valence-electron chi connectivity index (χ1n) is 8.11. The van der Waals surface area contributed by atoms with Gasteiger partial charge in [-0.2, -0.15) is 0 Å². The van der Waals surface area contributed by atoms with Gasteiger partial charge in [-0.25, -0.2) is 9.37 Å². The molecule has 0 unspecified atom stereocenters. The van der Waals surface area contributed by atoms with Crippen LogP contribution in [0, 0.1) is 5.82 Å². The molecule has 0 radical (unpaired) electrons. The second-order valence-corrected chi connectivity index (χ2v) is 7.00. The van der Waals surface area contributed by atoms with Gasteiger partial charge in [0.2, 0.25) is 0 Å². The fourth-order valence-corrected chi connectivity index (χ4v) is 4.38. The molecule has 6 heteroatoms. The van der Waals surface area contributed by atoms with Crippen molar-refractivity contribution in [1.82, 2.24) is 9.55 Å². The number of aryl methyl sites for hydroxylation is 2. The lowest BCUT2D eigenvalue weighted by atomic mass is 9.97. The Hall–Kier alpha value is -2.21. The number of hydrogen-bond donors (Lipinski definition) is 0. The van der Waals surface area contributed by atoms with Gasteiger partial charge in [0.1, 0.15) is 11.4 Å². The summed E-state index contributed by atoms with van der Waals surface area (Å²) in [6.45, 7) is 0.571. The van der Waals surface area contributed by atoms with Crippen LogP contribution in [0.2, 0.25) is 0 Å². The maximum atomic E-state index is 13.5. The summed E-state index contributed by atoms with van der Waals surface area (Å²) in [6, 6.07) is 6.27. The molecule has 1 aliphatic carbocycles. The summed E-state index contributed by atoms with van der Waals surface area (Å²) in [5.41, 5.74) is 1.17. The zero-order valence-corrected chi connectivity index (χ0v) is 13.9. The molecule has 4 nitrogen and oxygen atoms in total. The van der Waals surface area contributed by atoms with E-state index in [0.29, 0.717) is 6.54 Å². The SMILES string of the molecule is O=c1c2c3c(sc2ncn1CCOc1ccccc1F)CCCC3. The van der Waals surface area contributed by atoms with Crippen LogP contribution in [0.1, 0.15) is 23.3 Å². The van der Waals surface area contributed by atoms with Crippen LogP contribution in [-0.4, -0.2) is 16.2 Å². The summed E-state index contributed by atoms with van der Waals surface area (Å²) in [5.74, 6) is -0.196. The number of nitrogens with zero attached hydrogens (tertiary/aromatic N) is 2. The molecule has 1 aliphatic rings. The molecule has 0 spiro atoms.